The molecule has 0 atom stereocenters. The number of nitrogens with zero attached hydrogens (tertiary/aromatic N) is 2. The molecule has 4 nitrogen and oxygen atoms in total. The van der Waals surface area contributed by atoms with Gasteiger partial charge < -0.3 is 10.0 Å². The molecule has 1 rings (SSSR count). The Balaban J connectivity index is 2.99. The smallest absolute Gasteiger partial charge is 0.254 e. The normalized spacial score (nSPS) is 10.2. The summed E-state index contributed by atoms with van der Waals surface area (Å²) in [4.78, 5) is 17.8. The lowest BCUT2D eigenvalue weighted by Crippen LogP contribution is -2.33. The highest BCUT2D eigenvalue weighted by Gasteiger charge is 2.15. The Morgan fingerprint density at radius 2 is 2.33 bits per heavy atom. The van der Waals surface area contributed by atoms with E-state index >= 15 is 0 Å². The maximum atomic E-state index is 12.2. The van der Waals surface area contributed by atoms with Gasteiger partial charge in [0.15, 0.2) is 0 Å². The Labute approximate surface area is 112 Å². The van der Waals surface area contributed by atoms with E-state index in [9.17, 15) is 4.79 Å². The van der Waals surface area contributed by atoms with E-state index in [2.05, 4.69) is 11.6 Å². The van der Waals surface area contributed by atoms with E-state index in [4.69, 9.17) is 16.7 Å². The van der Waals surface area contributed by atoms with Crippen LogP contribution in [0.4, 0.5) is 0 Å². The van der Waals surface area contributed by atoms with Gasteiger partial charge in [0.25, 0.3) is 5.91 Å². The summed E-state index contributed by atoms with van der Waals surface area (Å²) in [6.45, 7) is 6.12. The van der Waals surface area contributed by atoms with Gasteiger partial charge in [0.1, 0.15) is 5.15 Å². The number of aromatic nitrogens is 1. The standard InChI is InChI=1S/C13H17ClN2O2/c1-3-5-16(6-7-17)13(18)10-8-11(4-2)15-12(14)9-10/h3,8-9,17H,1,4-7H2,2H3. The van der Waals surface area contributed by atoms with Gasteiger partial charge in [-0.25, -0.2) is 4.98 Å². The maximum Gasteiger partial charge on any atom is 0.254 e. The van der Waals surface area contributed by atoms with Crippen LogP contribution in [-0.4, -0.2) is 40.6 Å². The largest absolute Gasteiger partial charge is 0.395 e. The van der Waals surface area contributed by atoms with Gasteiger partial charge in [0.05, 0.1) is 6.61 Å². The summed E-state index contributed by atoms with van der Waals surface area (Å²) < 4.78 is 0. The molecule has 0 radical (unpaired) electrons. The minimum absolute atomic E-state index is 0.0843. The van der Waals surface area contributed by atoms with E-state index in [1.54, 1.807) is 12.1 Å². The number of halogens is 1. The van der Waals surface area contributed by atoms with Crippen LogP contribution < -0.4 is 0 Å². The lowest BCUT2D eigenvalue weighted by molar-refractivity contribution is 0.0742. The summed E-state index contributed by atoms with van der Waals surface area (Å²) in [6.07, 6.45) is 2.33. The molecule has 18 heavy (non-hydrogen) atoms. The highest BCUT2D eigenvalue weighted by Crippen LogP contribution is 2.13. The third-order valence-corrected chi connectivity index (χ3v) is 2.66. The van der Waals surface area contributed by atoms with E-state index < -0.39 is 0 Å². The van der Waals surface area contributed by atoms with Gasteiger partial charge in [-0.15, -0.1) is 6.58 Å². The molecule has 5 heteroatoms. The van der Waals surface area contributed by atoms with Crippen LogP contribution in [0.25, 0.3) is 0 Å². The predicted octanol–water partition coefficient (Wildman–Crippen LogP) is 1.92. The second-order valence-electron chi connectivity index (χ2n) is 3.79. The van der Waals surface area contributed by atoms with E-state index in [-0.39, 0.29) is 19.1 Å². The molecule has 1 aromatic rings. The van der Waals surface area contributed by atoms with E-state index in [1.807, 2.05) is 6.92 Å². The molecule has 1 amide bonds. The summed E-state index contributed by atoms with van der Waals surface area (Å²) in [5, 5.41) is 9.25. The third kappa shape index (κ3) is 3.82. The topological polar surface area (TPSA) is 53.4 Å². The van der Waals surface area contributed by atoms with Gasteiger partial charge >= 0.3 is 0 Å². The molecule has 0 unspecified atom stereocenters. The van der Waals surface area contributed by atoms with Crippen LogP contribution in [0.15, 0.2) is 24.8 Å². The van der Waals surface area contributed by atoms with Crippen LogP contribution in [0, 0.1) is 0 Å². The zero-order valence-electron chi connectivity index (χ0n) is 10.4. The molecule has 0 aliphatic heterocycles. The SMILES string of the molecule is C=CCN(CCO)C(=O)c1cc(Cl)nc(CC)c1. The van der Waals surface area contributed by atoms with Crippen LogP contribution in [0.3, 0.4) is 0 Å². The Morgan fingerprint density at radius 3 is 2.89 bits per heavy atom. The summed E-state index contributed by atoms with van der Waals surface area (Å²) in [5.41, 5.74) is 1.26. The van der Waals surface area contributed by atoms with E-state index in [0.717, 1.165) is 5.69 Å². The molecule has 0 aliphatic carbocycles. The van der Waals surface area contributed by atoms with Crippen molar-refractivity contribution in [1.29, 1.82) is 0 Å². The zero-order chi connectivity index (χ0) is 13.5. The van der Waals surface area contributed by atoms with Crippen LogP contribution in [0.1, 0.15) is 23.0 Å². The van der Waals surface area contributed by atoms with Crippen molar-refractivity contribution in [3.05, 3.63) is 41.2 Å². The number of rotatable bonds is 6. The Bertz CT molecular complexity index is 435. The van der Waals surface area contributed by atoms with Crippen molar-refractivity contribution in [2.45, 2.75) is 13.3 Å². The lowest BCUT2D eigenvalue weighted by atomic mass is 10.2. The van der Waals surface area contributed by atoms with Crippen LogP contribution >= 0.6 is 11.6 Å². The number of carbonyl (C=O) groups excluding carboxylic acids is 1. The highest BCUT2D eigenvalue weighted by molar-refractivity contribution is 6.29. The molecule has 0 aliphatic rings. The Hall–Kier alpha value is -1.39. The second kappa shape index (κ2) is 7.13. The molecular formula is C13H17ClN2O2. The molecule has 0 spiro atoms. The van der Waals surface area contributed by atoms with Crippen molar-refractivity contribution < 1.29 is 9.90 Å². The predicted molar refractivity (Wildman–Crippen MR) is 71.8 cm³/mol. The molecular weight excluding hydrogens is 252 g/mol. The molecule has 98 valence electrons. The molecule has 1 aromatic heterocycles. The third-order valence-electron chi connectivity index (χ3n) is 2.46. The van der Waals surface area contributed by atoms with E-state index in [0.29, 0.717) is 23.7 Å². The van der Waals surface area contributed by atoms with Gasteiger partial charge in [0, 0.05) is 24.3 Å². The Kier molecular flexibility index (Phi) is 5.82. The van der Waals surface area contributed by atoms with Gasteiger partial charge in [-0.05, 0) is 18.6 Å². The van der Waals surface area contributed by atoms with Crippen molar-refractivity contribution in [3.63, 3.8) is 0 Å². The number of aliphatic hydroxyl groups excluding tert-OH is 1. The molecule has 0 saturated carbocycles. The first kappa shape index (κ1) is 14.7. The van der Waals surface area contributed by atoms with Crippen molar-refractivity contribution >= 4 is 17.5 Å². The average molecular weight is 269 g/mol. The van der Waals surface area contributed by atoms with Crippen LogP contribution in [0.5, 0.6) is 0 Å². The highest BCUT2D eigenvalue weighted by atomic mass is 35.5. The molecule has 0 saturated heterocycles. The van der Waals surface area contributed by atoms with Crippen molar-refractivity contribution in [3.8, 4) is 0 Å². The fourth-order valence-corrected chi connectivity index (χ4v) is 1.82. The number of carbonyl (C=O) groups is 1. The molecule has 1 N–H and O–H groups in total. The monoisotopic (exact) mass is 268 g/mol. The first-order chi connectivity index (χ1) is 8.62. The fourth-order valence-electron chi connectivity index (χ4n) is 1.59. The van der Waals surface area contributed by atoms with Crippen molar-refractivity contribution in [2.24, 2.45) is 0 Å². The molecule has 0 fully saturated rings. The van der Waals surface area contributed by atoms with Gasteiger partial charge in [-0.2, -0.15) is 0 Å². The number of pyridine rings is 1. The zero-order valence-corrected chi connectivity index (χ0v) is 11.2. The number of hydrogen-bond donors (Lipinski definition) is 1. The summed E-state index contributed by atoms with van der Waals surface area (Å²) in [6, 6.07) is 3.26. The number of aliphatic hydroxyl groups is 1. The van der Waals surface area contributed by atoms with Gasteiger partial charge in [-0.3, -0.25) is 4.79 Å². The van der Waals surface area contributed by atoms with Crippen LogP contribution in [-0.2, 0) is 6.42 Å². The first-order valence-corrected chi connectivity index (χ1v) is 6.17. The molecule has 0 bridgehead atoms. The van der Waals surface area contributed by atoms with E-state index in [1.165, 1.54) is 11.0 Å². The van der Waals surface area contributed by atoms with Crippen LogP contribution in [0.2, 0.25) is 5.15 Å². The van der Waals surface area contributed by atoms with Gasteiger partial charge in [-0.1, -0.05) is 24.6 Å². The summed E-state index contributed by atoms with van der Waals surface area (Å²) >= 11 is 5.88. The second-order valence-corrected chi connectivity index (χ2v) is 4.17. The van der Waals surface area contributed by atoms with Gasteiger partial charge in [0.2, 0.25) is 0 Å². The first-order valence-electron chi connectivity index (χ1n) is 5.79. The number of hydrogen-bond acceptors (Lipinski definition) is 3. The fraction of sp³-hybridized carbons (Fsp3) is 0.385. The Morgan fingerprint density at radius 1 is 1.61 bits per heavy atom. The minimum Gasteiger partial charge on any atom is -0.395 e. The van der Waals surface area contributed by atoms with Crippen molar-refractivity contribution in [1.82, 2.24) is 9.88 Å². The summed E-state index contributed by atoms with van der Waals surface area (Å²) in [7, 11) is 0. The maximum absolute atomic E-state index is 12.2. The number of amides is 1. The van der Waals surface area contributed by atoms with Crippen molar-refractivity contribution in [2.75, 3.05) is 19.7 Å². The number of aryl methyl sites for hydroxylation is 1. The molecule has 0 aromatic carbocycles. The quantitative estimate of drug-likeness (QED) is 0.633. The lowest BCUT2D eigenvalue weighted by Gasteiger charge is -2.20. The summed E-state index contributed by atoms with van der Waals surface area (Å²) in [5.74, 6) is -0.178. The molecule has 1 heterocycles. The minimum atomic E-state index is -0.178. The average Bonchev–Trinajstić information content (AvgIpc) is 2.36.